The molecule has 0 spiro atoms. The highest BCUT2D eigenvalue weighted by Gasteiger charge is 2.24. The van der Waals surface area contributed by atoms with Crippen LogP contribution in [0.3, 0.4) is 0 Å². The Morgan fingerprint density at radius 1 is 1.12 bits per heavy atom. The quantitative estimate of drug-likeness (QED) is 0.218. The molecule has 0 bridgehead atoms. The molecule has 2 N–H and O–H groups in total. The highest BCUT2D eigenvalue weighted by molar-refractivity contribution is 14.0. The molecule has 0 aromatic rings. The van der Waals surface area contributed by atoms with Gasteiger partial charge in [-0.1, -0.05) is 13.8 Å². The van der Waals surface area contributed by atoms with Gasteiger partial charge < -0.3 is 15.4 Å². The van der Waals surface area contributed by atoms with E-state index in [1.165, 1.54) is 25.9 Å². The first-order chi connectivity index (χ1) is 11.2. The molecule has 0 amide bonds. The molecule has 144 valence electrons. The van der Waals surface area contributed by atoms with Crippen molar-refractivity contribution in [2.45, 2.75) is 59.4 Å². The minimum Gasteiger partial charge on any atom is -0.382 e. The third-order valence-corrected chi connectivity index (χ3v) is 4.37. The fraction of sp³-hybridized carbons (Fsp3) is 0.944. The van der Waals surface area contributed by atoms with Crippen molar-refractivity contribution in [3.05, 3.63) is 0 Å². The number of nitrogens with zero attached hydrogens (tertiary/aromatic N) is 2. The third-order valence-electron chi connectivity index (χ3n) is 4.37. The second-order valence-electron chi connectivity index (χ2n) is 6.60. The van der Waals surface area contributed by atoms with E-state index in [1.54, 1.807) is 0 Å². The van der Waals surface area contributed by atoms with E-state index in [0.717, 1.165) is 51.6 Å². The molecule has 1 fully saturated rings. The maximum absolute atomic E-state index is 5.37. The van der Waals surface area contributed by atoms with E-state index in [9.17, 15) is 0 Å². The SMILES string of the molecule is CCNC(=NCC(C(C)C)N1CCCC1)NCCCCOCC.I. The Hall–Kier alpha value is -0.0800. The summed E-state index contributed by atoms with van der Waals surface area (Å²) in [6, 6.07) is 0.561. The average molecular weight is 454 g/mol. The molecule has 0 saturated carbocycles. The molecule has 0 aromatic carbocycles. The molecule has 1 saturated heterocycles. The molecule has 1 aliphatic heterocycles. The van der Waals surface area contributed by atoms with E-state index in [4.69, 9.17) is 9.73 Å². The lowest BCUT2D eigenvalue weighted by molar-refractivity contribution is 0.143. The number of guanidine groups is 1. The first-order valence-electron chi connectivity index (χ1n) is 9.53. The summed E-state index contributed by atoms with van der Waals surface area (Å²) in [6.07, 6.45) is 4.89. The number of halogens is 1. The van der Waals surface area contributed by atoms with Gasteiger partial charge in [0.05, 0.1) is 6.54 Å². The van der Waals surface area contributed by atoms with Crippen molar-refractivity contribution in [3.63, 3.8) is 0 Å². The Labute approximate surface area is 166 Å². The molecule has 24 heavy (non-hydrogen) atoms. The zero-order valence-electron chi connectivity index (χ0n) is 16.1. The number of ether oxygens (including phenoxy) is 1. The Morgan fingerprint density at radius 3 is 2.42 bits per heavy atom. The Balaban J connectivity index is 0.00000529. The van der Waals surface area contributed by atoms with Crippen LogP contribution in [0.1, 0.15) is 53.4 Å². The van der Waals surface area contributed by atoms with Gasteiger partial charge in [-0.3, -0.25) is 9.89 Å². The van der Waals surface area contributed by atoms with Gasteiger partial charge in [0.1, 0.15) is 0 Å². The van der Waals surface area contributed by atoms with E-state index in [1.807, 2.05) is 6.92 Å². The summed E-state index contributed by atoms with van der Waals surface area (Å²) in [6.45, 7) is 15.7. The molecule has 1 heterocycles. The number of nitrogens with one attached hydrogen (secondary N) is 2. The topological polar surface area (TPSA) is 48.9 Å². The van der Waals surface area contributed by atoms with Crippen LogP contribution in [0.25, 0.3) is 0 Å². The van der Waals surface area contributed by atoms with Gasteiger partial charge in [0, 0.05) is 32.3 Å². The van der Waals surface area contributed by atoms with Gasteiger partial charge >= 0.3 is 0 Å². The molecule has 5 nitrogen and oxygen atoms in total. The Morgan fingerprint density at radius 2 is 1.83 bits per heavy atom. The van der Waals surface area contributed by atoms with Gasteiger partial charge in [-0.05, 0) is 58.5 Å². The van der Waals surface area contributed by atoms with Crippen LogP contribution in [0, 0.1) is 5.92 Å². The van der Waals surface area contributed by atoms with E-state index in [0.29, 0.717) is 12.0 Å². The van der Waals surface area contributed by atoms with Gasteiger partial charge in [0.2, 0.25) is 0 Å². The van der Waals surface area contributed by atoms with Crippen LogP contribution in [-0.2, 0) is 4.74 Å². The molecule has 6 heteroatoms. The van der Waals surface area contributed by atoms with Crippen molar-refractivity contribution in [1.82, 2.24) is 15.5 Å². The first-order valence-corrected chi connectivity index (χ1v) is 9.53. The lowest BCUT2D eigenvalue weighted by Crippen LogP contribution is -2.42. The Bertz CT molecular complexity index is 320. The highest BCUT2D eigenvalue weighted by Crippen LogP contribution is 2.17. The largest absolute Gasteiger partial charge is 0.382 e. The molecule has 1 unspecified atom stereocenters. The Kier molecular flexibility index (Phi) is 15.1. The van der Waals surface area contributed by atoms with Gasteiger partial charge in [-0.2, -0.15) is 0 Å². The van der Waals surface area contributed by atoms with Crippen LogP contribution in [-0.4, -0.2) is 62.8 Å². The molecule has 0 aromatic heterocycles. The number of likely N-dealkylation sites (tertiary alicyclic amines) is 1. The molecule has 1 atom stereocenters. The van der Waals surface area contributed by atoms with Crippen molar-refractivity contribution >= 4 is 29.9 Å². The summed E-state index contributed by atoms with van der Waals surface area (Å²) in [5, 5.41) is 6.81. The van der Waals surface area contributed by atoms with Crippen LogP contribution in [0.4, 0.5) is 0 Å². The maximum Gasteiger partial charge on any atom is 0.191 e. The highest BCUT2D eigenvalue weighted by atomic mass is 127. The fourth-order valence-electron chi connectivity index (χ4n) is 3.03. The third kappa shape index (κ3) is 10.0. The fourth-order valence-corrected chi connectivity index (χ4v) is 3.03. The van der Waals surface area contributed by atoms with Gasteiger partial charge in [0.15, 0.2) is 5.96 Å². The van der Waals surface area contributed by atoms with E-state index >= 15 is 0 Å². The van der Waals surface area contributed by atoms with Crippen molar-refractivity contribution in [3.8, 4) is 0 Å². The first kappa shape index (κ1) is 23.9. The number of aliphatic imine (C=N–C) groups is 1. The molecular weight excluding hydrogens is 415 g/mol. The summed E-state index contributed by atoms with van der Waals surface area (Å²) in [5.74, 6) is 1.60. The van der Waals surface area contributed by atoms with Crippen molar-refractivity contribution < 1.29 is 4.74 Å². The average Bonchev–Trinajstić information content (AvgIpc) is 3.04. The summed E-state index contributed by atoms with van der Waals surface area (Å²) in [7, 11) is 0. The van der Waals surface area contributed by atoms with Crippen LogP contribution in [0.2, 0.25) is 0 Å². The monoisotopic (exact) mass is 454 g/mol. The van der Waals surface area contributed by atoms with Crippen LogP contribution < -0.4 is 10.6 Å². The van der Waals surface area contributed by atoms with Crippen LogP contribution in [0.15, 0.2) is 4.99 Å². The van der Waals surface area contributed by atoms with Crippen molar-refractivity contribution in [2.24, 2.45) is 10.9 Å². The summed E-state index contributed by atoms with van der Waals surface area (Å²) in [5.41, 5.74) is 0. The number of hydrogen-bond acceptors (Lipinski definition) is 3. The normalized spacial score (nSPS) is 17.0. The second kappa shape index (κ2) is 15.2. The second-order valence-corrected chi connectivity index (χ2v) is 6.60. The van der Waals surface area contributed by atoms with Gasteiger partial charge in [0.25, 0.3) is 0 Å². The van der Waals surface area contributed by atoms with Crippen molar-refractivity contribution in [2.75, 3.05) is 45.9 Å². The zero-order chi connectivity index (χ0) is 16.9. The molecule has 1 aliphatic rings. The van der Waals surface area contributed by atoms with E-state index in [-0.39, 0.29) is 24.0 Å². The lowest BCUT2D eigenvalue weighted by Gasteiger charge is -2.29. The van der Waals surface area contributed by atoms with E-state index < -0.39 is 0 Å². The molecular formula is C18H39IN4O. The number of rotatable bonds is 11. The molecule has 0 radical (unpaired) electrons. The minimum absolute atomic E-state index is 0. The zero-order valence-corrected chi connectivity index (χ0v) is 18.5. The van der Waals surface area contributed by atoms with Gasteiger partial charge in [-0.15, -0.1) is 24.0 Å². The number of unbranched alkanes of at least 4 members (excludes halogenated alkanes) is 1. The van der Waals surface area contributed by atoms with Crippen molar-refractivity contribution in [1.29, 1.82) is 0 Å². The molecule has 1 rings (SSSR count). The van der Waals surface area contributed by atoms with E-state index in [2.05, 4.69) is 36.3 Å². The maximum atomic E-state index is 5.37. The minimum atomic E-state index is 0. The lowest BCUT2D eigenvalue weighted by atomic mass is 10.0. The van der Waals surface area contributed by atoms with Crippen LogP contribution in [0.5, 0.6) is 0 Å². The number of hydrogen-bond donors (Lipinski definition) is 2. The smallest absolute Gasteiger partial charge is 0.191 e. The standard InChI is InChI=1S/C18H38N4O.HI/c1-5-19-18(20-11-7-10-14-23-6-2)21-15-17(16(3)4)22-12-8-9-13-22;/h16-17H,5-15H2,1-4H3,(H2,19,20,21);1H. The summed E-state index contributed by atoms with van der Waals surface area (Å²) in [4.78, 5) is 7.45. The summed E-state index contributed by atoms with van der Waals surface area (Å²) < 4.78 is 5.37. The molecule has 0 aliphatic carbocycles. The predicted molar refractivity (Wildman–Crippen MR) is 115 cm³/mol. The van der Waals surface area contributed by atoms with Crippen LogP contribution >= 0.6 is 24.0 Å². The summed E-state index contributed by atoms with van der Waals surface area (Å²) >= 11 is 0. The van der Waals surface area contributed by atoms with Gasteiger partial charge in [-0.25, -0.2) is 0 Å². The predicted octanol–water partition coefficient (Wildman–Crippen LogP) is 3.10.